The van der Waals surface area contributed by atoms with Crippen molar-refractivity contribution >= 4 is 0 Å². The summed E-state index contributed by atoms with van der Waals surface area (Å²) in [6.07, 6.45) is 5.29. The molecule has 2 heteroatoms. The van der Waals surface area contributed by atoms with Gasteiger partial charge in [-0.25, -0.2) is 0 Å². The second-order valence-electron chi connectivity index (χ2n) is 3.73. The first-order chi connectivity index (χ1) is 5.84. The molecular weight excluding hydrogens is 150 g/mol. The third kappa shape index (κ3) is 3.11. The highest BCUT2D eigenvalue weighted by molar-refractivity contribution is 4.74. The number of rotatable bonds is 5. The topological polar surface area (TPSA) is 12.5 Å². The molecule has 1 rings (SSSR count). The van der Waals surface area contributed by atoms with Gasteiger partial charge in [0.2, 0.25) is 0 Å². The molecule has 1 heterocycles. The van der Waals surface area contributed by atoms with Crippen molar-refractivity contribution in [2.45, 2.75) is 38.6 Å². The Morgan fingerprint density at radius 1 is 1.42 bits per heavy atom. The molecule has 1 fully saturated rings. The number of hydrogen-bond donors (Lipinski definition) is 0. The zero-order valence-corrected chi connectivity index (χ0v) is 8.38. The molecule has 0 aromatic rings. The van der Waals surface area contributed by atoms with Crippen molar-refractivity contribution in [3.63, 3.8) is 0 Å². The van der Waals surface area contributed by atoms with Gasteiger partial charge in [-0.05, 0) is 45.7 Å². The van der Waals surface area contributed by atoms with Crippen LogP contribution in [0.15, 0.2) is 0 Å². The monoisotopic (exact) mass is 171 g/mol. The van der Waals surface area contributed by atoms with E-state index < -0.39 is 0 Å². The van der Waals surface area contributed by atoms with Gasteiger partial charge in [-0.1, -0.05) is 0 Å². The Bertz CT molecular complexity index is 116. The van der Waals surface area contributed by atoms with E-state index in [9.17, 15) is 0 Å². The largest absolute Gasteiger partial charge is 0.385 e. The lowest BCUT2D eigenvalue weighted by molar-refractivity contribution is 0.182. The first kappa shape index (κ1) is 10.0. The van der Waals surface area contributed by atoms with Crippen molar-refractivity contribution in [2.75, 3.05) is 26.8 Å². The van der Waals surface area contributed by atoms with Crippen molar-refractivity contribution in [2.24, 2.45) is 0 Å². The standard InChI is InChI=1S/C10H21NO/c1-10-6-5-8-11(10)7-3-4-9-12-2/h10H,3-9H2,1-2H3/t10-/m1/s1. The predicted molar refractivity (Wildman–Crippen MR) is 51.4 cm³/mol. The highest BCUT2D eigenvalue weighted by Gasteiger charge is 2.18. The Labute approximate surface area is 75.9 Å². The van der Waals surface area contributed by atoms with Gasteiger partial charge in [0.05, 0.1) is 0 Å². The highest BCUT2D eigenvalue weighted by Crippen LogP contribution is 2.16. The quantitative estimate of drug-likeness (QED) is 0.586. The lowest BCUT2D eigenvalue weighted by atomic mass is 10.2. The molecule has 1 atom stereocenters. The van der Waals surface area contributed by atoms with Crippen molar-refractivity contribution in [1.82, 2.24) is 4.90 Å². The molecular formula is C10H21NO. The van der Waals surface area contributed by atoms with Crippen LogP contribution < -0.4 is 0 Å². The summed E-state index contributed by atoms with van der Waals surface area (Å²) in [7, 11) is 1.78. The zero-order valence-electron chi connectivity index (χ0n) is 8.38. The Hall–Kier alpha value is -0.0800. The van der Waals surface area contributed by atoms with Gasteiger partial charge in [-0.3, -0.25) is 0 Å². The second-order valence-corrected chi connectivity index (χ2v) is 3.73. The maximum absolute atomic E-state index is 5.01. The van der Waals surface area contributed by atoms with Crippen LogP contribution in [0.4, 0.5) is 0 Å². The smallest absolute Gasteiger partial charge is 0.0462 e. The fraction of sp³-hybridized carbons (Fsp3) is 1.00. The van der Waals surface area contributed by atoms with Crippen molar-refractivity contribution < 1.29 is 4.74 Å². The molecule has 0 bridgehead atoms. The molecule has 0 N–H and O–H groups in total. The van der Waals surface area contributed by atoms with E-state index in [1.165, 1.54) is 38.8 Å². The zero-order chi connectivity index (χ0) is 8.81. The molecule has 0 saturated carbocycles. The third-order valence-electron chi connectivity index (χ3n) is 2.73. The second kappa shape index (κ2) is 5.55. The molecule has 0 aromatic carbocycles. The number of methoxy groups -OCH3 is 1. The Morgan fingerprint density at radius 2 is 2.25 bits per heavy atom. The van der Waals surface area contributed by atoms with E-state index in [2.05, 4.69) is 11.8 Å². The Balaban J connectivity index is 1.98. The van der Waals surface area contributed by atoms with Gasteiger partial charge in [0.15, 0.2) is 0 Å². The van der Waals surface area contributed by atoms with Crippen LogP contribution in [-0.4, -0.2) is 37.7 Å². The molecule has 2 nitrogen and oxygen atoms in total. The van der Waals surface area contributed by atoms with Crippen LogP contribution in [-0.2, 0) is 4.74 Å². The van der Waals surface area contributed by atoms with Gasteiger partial charge in [-0.15, -0.1) is 0 Å². The van der Waals surface area contributed by atoms with Crippen LogP contribution in [0.2, 0.25) is 0 Å². The number of ether oxygens (including phenoxy) is 1. The van der Waals surface area contributed by atoms with Gasteiger partial charge in [-0.2, -0.15) is 0 Å². The van der Waals surface area contributed by atoms with E-state index >= 15 is 0 Å². The van der Waals surface area contributed by atoms with E-state index in [0.717, 1.165) is 12.6 Å². The molecule has 1 saturated heterocycles. The van der Waals surface area contributed by atoms with Crippen molar-refractivity contribution in [3.8, 4) is 0 Å². The summed E-state index contributed by atoms with van der Waals surface area (Å²) in [4.78, 5) is 2.59. The normalized spacial score (nSPS) is 25.0. The van der Waals surface area contributed by atoms with Gasteiger partial charge < -0.3 is 9.64 Å². The Morgan fingerprint density at radius 3 is 2.83 bits per heavy atom. The number of unbranched alkanes of at least 4 members (excludes halogenated alkanes) is 1. The molecule has 0 aromatic heterocycles. The van der Waals surface area contributed by atoms with E-state index in [4.69, 9.17) is 4.74 Å². The summed E-state index contributed by atoms with van der Waals surface area (Å²) >= 11 is 0. The number of nitrogens with zero attached hydrogens (tertiary/aromatic N) is 1. The van der Waals surface area contributed by atoms with E-state index in [0.29, 0.717) is 0 Å². The molecule has 0 radical (unpaired) electrons. The SMILES string of the molecule is COCCCCN1CCC[C@H]1C. The molecule has 72 valence electrons. The van der Waals surface area contributed by atoms with Crippen LogP contribution >= 0.6 is 0 Å². The van der Waals surface area contributed by atoms with Crippen LogP contribution in [0.25, 0.3) is 0 Å². The maximum Gasteiger partial charge on any atom is 0.0462 e. The first-order valence-corrected chi connectivity index (χ1v) is 5.07. The Kier molecular flexibility index (Phi) is 4.62. The van der Waals surface area contributed by atoms with Crippen LogP contribution in [0, 0.1) is 0 Å². The fourth-order valence-corrected chi connectivity index (χ4v) is 1.89. The van der Waals surface area contributed by atoms with Crippen LogP contribution in [0.5, 0.6) is 0 Å². The minimum absolute atomic E-state index is 0.826. The van der Waals surface area contributed by atoms with Gasteiger partial charge in [0, 0.05) is 19.8 Å². The fourth-order valence-electron chi connectivity index (χ4n) is 1.89. The van der Waals surface area contributed by atoms with Crippen molar-refractivity contribution in [1.29, 1.82) is 0 Å². The third-order valence-corrected chi connectivity index (χ3v) is 2.73. The summed E-state index contributed by atoms with van der Waals surface area (Å²) < 4.78 is 5.01. The summed E-state index contributed by atoms with van der Waals surface area (Å²) in [6.45, 7) is 5.84. The molecule has 0 unspecified atom stereocenters. The summed E-state index contributed by atoms with van der Waals surface area (Å²) in [5, 5.41) is 0. The van der Waals surface area contributed by atoms with Crippen molar-refractivity contribution in [3.05, 3.63) is 0 Å². The average Bonchev–Trinajstić information content (AvgIpc) is 2.46. The van der Waals surface area contributed by atoms with E-state index in [1.807, 2.05) is 0 Å². The van der Waals surface area contributed by atoms with E-state index in [1.54, 1.807) is 7.11 Å². The summed E-state index contributed by atoms with van der Waals surface area (Å²) in [5.74, 6) is 0. The summed E-state index contributed by atoms with van der Waals surface area (Å²) in [6, 6.07) is 0.826. The van der Waals surface area contributed by atoms with Crippen LogP contribution in [0.1, 0.15) is 32.6 Å². The minimum Gasteiger partial charge on any atom is -0.385 e. The predicted octanol–water partition coefficient (Wildman–Crippen LogP) is 1.90. The lowest BCUT2D eigenvalue weighted by Gasteiger charge is -2.20. The van der Waals surface area contributed by atoms with Gasteiger partial charge in [0.25, 0.3) is 0 Å². The highest BCUT2D eigenvalue weighted by atomic mass is 16.5. The van der Waals surface area contributed by atoms with E-state index in [-0.39, 0.29) is 0 Å². The average molecular weight is 171 g/mol. The minimum atomic E-state index is 0.826. The molecule has 12 heavy (non-hydrogen) atoms. The number of hydrogen-bond acceptors (Lipinski definition) is 2. The molecule has 0 aliphatic carbocycles. The molecule has 1 aliphatic heterocycles. The summed E-state index contributed by atoms with van der Waals surface area (Å²) in [5.41, 5.74) is 0. The lowest BCUT2D eigenvalue weighted by Crippen LogP contribution is -2.27. The molecule has 1 aliphatic rings. The van der Waals surface area contributed by atoms with Gasteiger partial charge in [0.1, 0.15) is 0 Å². The molecule has 0 spiro atoms. The van der Waals surface area contributed by atoms with Crippen LogP contribution in [0.3, 0.4) is 0 Å². The molecule has 0 amide bonds. The first-order valence-electron chi connectivity index (χ1n) is 5.07. The van der Waals surface area contributed by atoms with Gasteiger partial charge >= 0.3 is 0 Å². The maximum atomic E-state index is 5.01. The number of likely N-dealkylation sites (tertiary alicyclic amines) is 1.